The van der Waals surface area contributed by atoms with E-state index in [0.29, 0.717) is 22.2 Å². The Morgan fingerprint density at radius 3 is 2.89 bits per heavy atom. The van der Waals surface area contributed by atoms with E-state index in [4.69, 9.17) is 9.25 Å². The highest BCUT2D eigenvalue weighted by molar-refractivity contribution is 5.82. The lowest BCUT2D eigenvalue weighted by molar-refractivity contribution is 0.165. The minimum Gasteiger partial charge on any atom is -0.444 e. The fourth-order valence-corrected chi connectivity index (χ4v) is 1.91. The number of hydrogen-bond acceptors (Lipinski definition) is 5. The van der Waals surface area contributed by atoms with Crippen LogP contribution >= 0.6 is 0 Å². The van der Waals surface area contributed by atoms with Crippen LogP contribution in [0.15, 0.2) is 44.8 Å². The van der Waals surface area contributed by atoms with E-state index in [1.54, 1.807) is 24.4 Å². The Morgan fingerprint density at radius 1 is 1.37 bits per heavy atom. The van der Waals surface area contributed by atoms with Crippen LogP contribution in [-0.2, 0) is 0 Å². The molecule has 0 atom stereocenters. The molecule has 1 aromatic carbocycles. The van der Waals surface area contributed by atoms with Gasteiger partial charge in [-0.25, -0.2) is 9.78 Å². The maximum absolute atomic E-state index is 11.8. The summed E-state index contributed by atoms with van der Waals surface area (Å²) in [6.45, 7) is 0. The second-order valence-corrected chi connectivity index (χ2v) is 3.83. The second kappa shape index (κ2) is 4.13. The zero-order valence-corrected chi connectivity index (χ0v) is 9.91. The molecule has 3 aromatic rings. The SMILES string of the molecule is COn1c(=O)[nH]c(=O)c2cc(-c3cnco3)ccc21. The number of rotatable bonds is 2. The maximum atomic E-state index is 11.8. The van der Waals surface area contributed by atoms with Crippen LogP contribution in [0.3, 0.4) is 0 Å². The van der Waals surface area contributed by atoms with Gasteiger partial charge < -0.3 is 9.25 Å². The number of benzene rings is 1. The second-order valence-electron chi connectivity index (χ2n) is 3.83. The zero-order chi connectivity index (χ0) is 13.4. The molecule has 0 unspecified atom stereocenters. The average molecular weight is 259 g/mol. The van der Waals surface area contributed by atoms with Crippen LogP contribution < -0.4 is 16.1 Å². The van der Waals surface area contributed by atoms with Gasteiger partial charge in [-0.15, -0.1) is 4.73 Å². The molecule has 0 amide bonds. The Labute approximate surface area is 106 Å². The van der Waals surface area contributed by atoms with Gasteiger partial charge in [-0.3, -0.25) is 9.78 Å². The van der Waals surface area contributed by atoms with Gasteiger partial charge in [0.25, 0.3) is 5.56 Å². The van der Waals surface area contributed by atoms with Gasteiger partial charge >= 0.3 is 5.69 Å². The summed E-state index contributed by atoms with van der Waals surface area (Å²) in [5, 5.41) is 0.329. The van der Waals surface area contributed by atoms with Crippen molar-refractivity contribution in [3.8, 4) is 11.3 Å². The summed E-state index contributed by atoms with van der Waals surface area (Å²) in [7, 11) is 1.35. The summed E-state index contributed by atoms with van der Waals surface area (Å²) < 4.78 is 6.18. The van der Waals surface area contributed by atoms with Gasteiger partial charge in [0.05, 0.1) is 17.1 Å². The lowest BCUT2D eigenvalue weighted by Crippen LogP contribution is -2.33. The lowest BCUT2D eigenvalue weighted by atomic mass is 10.1. The van der Waals surface area contributed by atoms with Gasteiger partial charge in [0.2, 0.25) is 0 Å². The molecule has 0 spiro atoms. The van der Waals surface area contributed by atoms with Crippen molar-refractivity contribution in [2.24, 2.45) is 0 Å². The van der Waals surface area contributed by atoms with Crippen molar-refractivity contribution >= 4 is 10.9 Å². The number of fused-ring (bicyclic) bond motifs is 1. The number of nitrogens with zero attached hydrogens (tertiary/aromatic N) is 2. The summed E-state index contributed by atoms with van der Waals surface area (Å²) in [4.78, 5) is 34.3. The number of oxazole rings is 1. The van der Waals surface area contributed by atoms with Crippen LogP contribution in [0.5, 0.6) is 0 Å². The molecule has 96 valence electrons. The molecule has 0 aliphatic carbocycles. The highest BCUT2D eigenvalue weighted by atomic mass is 16.7. The first-order chi connectivity index (χ1) is 9.20. The third-order valence-corrected chi connectivity index (χ3v) is 2.76. The Bertz CT molecular complexity index is 846. The molecule has 0 aliphatic rings. The molecular formula is C12H9N3O4. The number of aromatic amines is 1. The smallest absolute Gasteiger partial charge is 0.361 e. The lowest BCUT2D eigenvalue weighted by Gasteiger charge is -2.07. The van der Waals surface area contributed by atoms with Crippen LogP contribution in [0.1, 0.15) is 0 Å². The molecule has 0 bridgehead atoms. The molecule has 0 fully saturated rings. The predicted molar refractivity (Wildman–Crippen MR) is 66.8 cm³/mol. The van der Waals surface area contributed by atoms with E-state index in [-0.39, 0.29) is 0 Å². The standard InChI is InChI=1S/C12H9N3O4/c1-18-15-9-3-2-7(10-5-13-6-19-10)4-8(9)11(16)14-12(15)17/h2-6H,1H3,(H,14,16,17). The maximum Gasteiger partial charge on any atom is 0.361 e. The molecule has 0 saturated heterocycles. The third kappa shape index (κ3) is 1.71. The number of aromatic nitrogens is 3. The molecular weight excluding hydrogens is 250 g/mol. The van der Waals surface area contributed by atoms with E-state index in [1.165, 1.54) is 13.5 Å². The molecule has 0 radical (unpaired) electrons. The zero-order valence-electron chi connectivity index (χ0n) is 9.91. The first kappa shape index (κ1) is 11.3. The van der Waals surface area contributed by atoms with E-state index in [1.807, 2.05) is 0 Å². The Morgan fingerprint density at radius 2 is 2.21 bits per heavy atom. The normalized spacial score (nSPS) is 10.8. The fraction of sp³-hybridized carbons (Fsp3) is 0.0833. The fourth-order valence-electron chi connectivity index (χ4n) is 1.91. The summed E-state index contributed by atoms with van der Waals surface area (Å²) in [5.74, 6) is 0.538. The number of nitrogens with one attached hydrogen (secondary N) is 1. The Balaban J connectivity index is 2.36. The van der Waals surface area contributed by atoms with E-state index in [2.05, 4.69) is 9.97 Å². The van der Waals surface area contributed by atoms with Crippen molar-refractivity contribution in [2.75, 3.05) is 7.11 Å². The topological polar surface area (TPSA) is 90.1 Å². The molecule has 19 heavy (non-hydrogen) atoms. The molecule has 3 rings (SSSR count). The van der Waals surface area contributed by atoms with Gasteiger partial charge in [0.1, 0.15) is 7.11 Å². The summed E-state index contributed by atoms with van der Waals surface area (Å²) in [6, 6.07) is 4.95. The van der Waals surface area contributed by atoms with Crippen LogP contribution in [0.25, 0.3) is 22.2 Å². The molecule has 7 nitrogen and oxygen atoms in total. The quantitative estimate of drug-likeness (QED) is 0.719. The van der Waals surface area contributed by atoms with Crippen LogP contribution in [0.2, 0.25) is 0 Å². The van der Waals surface area contributed by atoms with E-state index < -0.39 is 11.2 Å². The molecule has 0 saturated carbocycles. The highest BCUT2D eigenvalue weighted by Gasteiger charge is 2.10. The molecule has 2 aromatic heterocycles. The number of H-pyrrole nitrogens is 1. The Kier molecular flexibility index (Phi) is 2.45. The molecule has 0 aliphatic heterocycles. The van der Waals surface area contributed by atoms with Crippen LogP contribution in [0.4, 0.5) is 0 Å². The van der Waals surface area contributed by atoms with Gasteiger partial charge in [-0.05, 0) is 18.2 Å². The van der Waals surface area contributed by atoms with Crippen LogP contribution in [0, 0.1) is 0 Å². The summed E-state index contributed by atoms with van der Waals surface area (Å²) in [6.07, 6.45) is 2.85. The minimum absolute atomic E-state index is 0.329. The van der Waals surface area contributed by atoms with Crippen molar-refractivity contribution in [1.29, 1.82) is 0 Å². The van der Waals surface area contributed by atoms with Crippen molar-refractivity contribution < 1.29 is 9.25 Å². The summed E-state index contributed by atoms with van der Waals surface area (Å²) >= 11 is 0. The third-order valence-electron chi connectivity index (χ3n) is 2.76. The first-order valence-electron chi connectivity index (χ1n) is 5.43. The van der Waals surface area contributed by atoms with E-state index >= 15 is 0 Å². The van der Waals surface area contributed by atoms with E-state index in [0.717, 1.165) is 4.73 Å². The van der Waals surface area contributed by atoms with Crippen molar-refractivity contribution in [3.05, 3.63) is 51.6 Å². The minimum atomic E-state index is -0.618. The van der Waals surface area contributed by atoms with Crippen molar-refractivity contribution in [3.63, 3.8) is 0 Å². The molecule has 2 heterocycles. The number of hydrogen-bond donors (Lipinski definition) is 1. The van der Waals surface area contributed by atoms with Gasteiger partial charge in [-0.1, -0.05) is 0 Å². The molecule has 7 heteroatoms. The Hall–Kier alpha value is -2.83. The molecule has 1 N–H and O–H groups in total. The van der Waals surface area contributed by atoms with Gasteiger partial charge in [0.15, 0.2) is 12.2 Å². The predicted octanol–water partition coefficient (Wildman–Crippen LogP) is 0.403. The van der Waals surface area contributed by atoms with Crippen LogP contribution in [-0.4, -0.2) is 21.8 Å². The van der Waals surface area contributed by atoms with Gasteiger partial charge in [0, 0.05) is 5.56 Å². The van der Waals surface area contributed by atoms with Crippen molar-refractivity contribution in [2.45, 2.75) is 0 Å². The van der Waals surface area contributed by atoms with Gasteiger partial charge in [-0.2, -0.15) is 0 Å². The van der Waals surface area contributed by atoms with E-state index in [9.17, 15) is 9.59 Å². The first-order valence-corrected chi connectivity index (χ1v) is 5.43. The largest absolute Gasteiger partial charge is 0.444 e. The average Bonchev–Trinajstić information content (AvgIpc) is 2.93. The highest BCUT2D eigenvalue weighted by Crippen LogP contribution is 2.21. The summed E-state index contributed by atoms with van der Waals surface area (Å²) in [5.41, 5.74) is -0.0154. The monoisotopic (exact) mass is 259 g/mol. The van der Waals surface area contributed by atoms with Crippen molar-refractivity contribution in [1.82, 2.24) is 14.7 Å².